The molecule has 0 atom stereocenters. The van der Waals surface area contributed by atoms with Crippen molar-refractivity contribution in [2.75, 3.05) is 31.1 Å². The van der Waals surface area contributed by atoms with E-state index in [1.807, 2.05) is 17.0 Å². The fourth-order valence-electron chi connectivity index (χ4n) is 3.47. The van der Waals surface area contributed by atoms with Gasteiger partial charge in [-0.1, -0.05) is 12.1 Å². The Morgan fingerprint density at radius 1 is 1.06 bits per heavy atom. The summed E-state index contributed by atoms with van der Waals surface area (Å²) in [6, 6.07) is 12.9. The van der Waals surface area contributed by atoms with Crippen molar-refractivity contribution < 1.29 is 13.9 Å². The Hall–Kier alpha value is -3.68. The molecule has 0 radical (unpaired) electrons. The molecule has 31 heavy (non-hydrogen) atoms. The van der Waals surface area contributed by atoms with Crippen LogP contribution in [-0.2, 0) is 11.4 Å². The lowest BCUT2D eigenvalue weighted by Crippen LogP contribution is -2.48. The standard InChI is InChI=1S/C23H23FN4O3/c1-17(29)26-10-12-27(13-11-26)22-7-6-20(15-25-22)28-9-8-21(14-23(28)30)31-16-18-2-4-19(24)5-3-18/h2-9,14-15H,10-13,16H2,1H3. The summed E-state index contributed by atoms with van der Waals surface area (Å²) in [7, 11) is 0. The van der Waals surface area contributed by atoms with E-state index in [1.54, 1.807) is 37.5 Å². The van der Waals surface area contributed by atoms with Crippen molar-refractivity contribution >= 4 is 11.7 Å². The molecule has 0 saturated carbocycles. The third kappa shape index (κ3) is 4.91. The number of anilines is 1. The van der Waals surface area contributed by atoms with E-state index in [9.17, 15) is 14.0 Å². The van der Waals surface area contributed by atoms with E-state index >= 15 is 0 Å². The van der Waals surface area contributed by atoms with E-state index in [0.29, 0.717) is 24.5 Å². The number of amides is 1. The van der Waals surface area contributed by atoms with Crippen LogP contribution in [-0.4, -0.2) is 46.5 Å². The van der Waals surface area contributed by atoms with Crippen LogP contribution in [0.5, 0.6) is 5.75 Å². The quantitative estimate of drug-likeness (QED) is 0.632. The van der Waals surface area contributed by atoms with E-state index in [2.05, 4.69) is 9.88 Å². The molecular weight excluding hydrogens is 399 g/mol. The molecule has 160 valence electrons. The number of carbonyl (C=O) groups is 1. The molecule has 4 rings (SSSR count). The van der Waals surface area contributed by atoms with Crippen LogP contribution in [0.15, 0.2) is 65.7 Å². The Morgan fingerprint density at radius 2 is 1.81 bits per heavy atom. The van der Waals surface area contributed by atoms with Gasteiger partial charge in [0.1, 0.15) is 24.0 Å². The first kappa shape index (κ1) is 20.6. The van der Waals surface area contributed by atoms with Crippen molar-refractivity contribution in [3.05, 3.63) is 82.7 Å². The highest BCUT2D eigenvalue weighted by molar-refractivity contribution is 5.73. The lowest BCUT2D eigenvalue weighted by atomic mass is 10.2. The second-order valence-corrected chi connectivity index (χ2v) is 7.35. The van der Waals surface area contributed by atoms with Crippen molar-refractivity contribution in [1.29, 1.82) is 0 Å². The predicted molar refractivity (Wildman–Crippen MR) is 115 cm³/mol. The maximum atomic E-state index is 13.0. The first-order valence-electron chi connectivity index (χ1n) is 10.1. The molecule has 0 spiro atoms. The van der Waals surface area contributed by atoms with E-state index in [0.717, 1.165) is 24.5 Å². The minimum Gasteiger partial charge on any atom is -0.489 e. The molecule has 1 aliphatic rings. The highest BCUT2D eigenvalue weighted by atomic mass is 19.1. The largest absolute Gasteiger partial charge is 0.489 e. The molecule has 7 nitrogen and oxygen atoms in total. The average molecular weight is 422 g/mol. The Morgan fingerprint density at radius 3 is 2.42 bits per heavy atom. The van der Waals surface area contributed by atoms with Gasteiger partial charge in [-0.15, -0.1) is 0 Å². The first-order valence-corrected chi connectivity index (χ1v) is 10.1. The van der Waals surface area contributed by atoms with Crippen LogP contribution in [0, 0.1) is 5.82 Å². The number of aromatic nitrogens is 2. The fourth-order valence-corrected chi connectivity index (χ4v) is 3.47. The van der Waals surface area contributed by atoms with Gasteiger partial charge in [0, 0.05) is 45.4 Å². The van der Waals surface area contributed by atoms with Gasteiger partial charge in [-0.2, -0.15) is 0 Å². The zero-order valence-electron chi connectivity index (χ0n) is 17.2. The summed E-state index contributed by atoms with van der Waals surface area (Å²) < 4.78 is 20.1. The second kappa shape index (κ2) is 8.99. The number of benzene rings is 1. The SMILES string of the molecule is CC(=O)N1CCN(c2ccc(-n3ccc(OCc4ccc(F)cc4)cc3=O)cn2)CC1. The monoisotopic (exact) mass is 422 g/mol. The van der Waals surface area contributed by atoms with Crippen LogP contribution in [0.4, 0.5) is 10.2 Å². The van der Waals surface area contributed by atoms with Crippen LogP contribution in [0.2, 0.25) is 0 Å². The second-order valence-electron chi connectivity index (χ2n) is 7.35. The van der Waals surface area contributed by atoms with Gasteiger partial charge < -0.3 is 14.5 Å². The van der Waals surface area contributed by atoms with Gasteiger partial charge in [-0.25, -0.2) is 9.37 Å². The molecule has 2 aromatic heterocycles. The molecule has 0 bridgehead atoms. The molecule has 0 aliphatic carbocycles. The summed E-state index contributed by atoms with van der Waals surface area (Å²) in [5, 5.41) is 0. The van der Waals surface area contributed by atoms with Crippen LogP contribution < -0.4 is 15.2 Å². The lowest BCUT2D eigenvalue weighted by Gasteiger charge is -2.34. The normalized spacial score (nSPS) is 13.9. The lowest BCUT2D eigenvalue weighted by molar-refractivity contribution is -0.129. The van der Waals surface area contributed by atoms with Gasteiger partial charge in [0.25, 0.3) is 5.56 Å². The Bertz CT molecular complexity index is 1100. The van der Waals surface area contributed by atoms with Crippen molar-refractivity contribution in [1.82, 2.24) is 14.5 Å². The first-order chi connectivity index (χ1) is 15.0. The summed E-state index contributed by atoms with van der Waals surface area (Å²) in [4.78, 5) is 32.4. The molecule has 1 saturated heterocycles. The number of hydrogen-bond acceptors (Lipinski definition) is 5. The van der Waals surface area contributed by atoms with Crippen LogP contribution in [0.25, 0.3) is 5.69 Å². The summed E-state index contributed by atoms with van der Waals surface area (Å²) in [6.45, 7) is 4.64. The topological polar surface area (TPSA) is 67.7 Å². The molecule has 1 amide bonds. The summed E-state index contributed by atoms with van der Waals surface area (Å²) in [5.41, 5.74) is 1.23. The molecular formula is C23H23FN4O3. The van der Waals surface area contributed by atoms with Crippen molar-refractivity contribution in [2.24, 2.45) is 0 Å². The number of nitrogens with zero attached hydrogens (tertiary/aromatic N) is 4. The summed E-state index contributed by atoms with van der Waals surface area (Å²) in [6.07, 6.45) is 3.30. The number of carbonyl (C=O) groups excluding carboxylic acids is 1. The number of rotatable bonds is 5. The third-order valence-electron chi connectivity index (χ3n) is 5.27. The number of ether oxygens (including phenoxy) is 1. The minimum absolute atomic E-state index is 0.0902. The van der Waals surface area contributed by atoms with Gasteiger partial charge in [-0.3, -0.25) is 14.2 Å². The zero-order valence-corrected chi connectivity index (χ0v) is 17.2. The summed E-state index contributed by atoms with van der Waals surface area (Å²) in [5.74, 6) is 1.05. The number of piperazine rings is 1. The van der Waals surface area contributed by atoms with Gasteiger partial charge in [0.15, 0.2) is 0 Å². The van der Waals surface area contributed by atoms with Gasteiger partial charge >= 0.3 is 0 Å². The highest BCUT2D eigenvalue weighted by Crippen LogP contribution is 2.17. The van der Waals surface area contributed by atoms with Crippen molar-refractivity contribution in [3.63, 3.8) is 0 Å². The maximum Gasteiger partial charge on any atom is 0.258 e. The highest BCUT2D eigenvalue weighted by Gasteiger charge is 2.19. The van der Waals surface area contributed by atoms with E-state index in [1.165, 1.54) is 22.8 Å². The molecule has 3 aromatic rings. The fraction of sp³-hybridized carbons (Fsp3) is 0.261. The molecule has 3 heterocycles. The van der Waals surface area contributed by atoms with Crippen molar-refractivity contribution in [3.8, 4) is 11.4 Å². The number of hydrogen-bond donors (Lipinski definition) is 0. The number of pyridine rings is 2. The molecule has 0 N–H and O–H groups in total. The Balaban J connectivity index is 1.40. The summed E-state index contributed by atoms with van der Waals surface area (Å²) >= 11 is 0. The van der Waals surface area contributed by atoms with Gasteiger partial charge in [-0.05, 0) is 35.9 Å². The van der Waals surface area contributed by atoms with E-state index in [-0.39, 0.29) is 23.9 Å². The van der Waals surface area contributed by atoms with Crippen molar-refractivity contribution in [2.45, 2.75) is 13.5 Å². The zero-order chi connectivity index (χ0) is 21.8. The molecule has 1 fully saturated rings. The molecule has 0 unspecified atom stereocenters. The van der Waals surface area contributed by atoms with E-state index in [4.69, 9.17) is 4.74 Å². The van der Waals surface area contributed by atoms with Crippen LogP contribution in [0.1, 0.15) is 12.5 Å². The Labute approximate surface area is 179 Å². The minimum atomic E-state index is -0.302. The van der Waals surface area contributed by atoms with E-state index < -0.39 is 0 Å². The van der Waals surface area contributed by atoms with Gasteiger partial charge in [0.2, 0.25) is 5.91 Å². The van der Waals surface area contributed by atoms with Crippen LogP contribution >= 0.6 is 0 Å². The predicted octanol–water partition coefficient (Wildman–Crippen LogP) is 2.62. The molecule has 1 aliphatic heterocycles. The Kier molecular flexibility index (Phi) is 5.97. The average Bonchev–Trinajstić information content (AvgIpc) is 2.79. The third-order valence-corrected chi connectivity index (χ3v) is 5.27. The smallest absolute Gasteiger partial charge is 0.258 e. The van der Waals surface area contributed by atoms with Gasteiger partial charge in [0.05, 0.1) is 11.9 Å². The molecule has 1 aromatic carbocycles. The maximum absolute atomic E-state index is 13.0. The molecule has 8 heteroatoms. The number of halogens is 1. The van der Waals surface area contributed by atoms with Crippen LogP contribution in [0.3, 0.4) is 0 Å².